The van der Waals surface area contributed by atoms with Crippen LogP contribution in [0.1, 0.15) is 79.1 Å². The Morgan fingerprint density at radius 2 is 2.00 bits per heavy atom. The maximum absolute atomic E-state index is 11.2. The van der Waals surface area contributed by atoms with E-state index in [1.54, 1.807) is 6.92 Å². The van der Waals surface area contributed by atoms with Crippen molar-refractivity contribution in [2.75, 3.05) is 0 Å². The summed E-state index contributed by atoms with van der Waals surface area (Å²) in [7, 11) is 0. The Morgan fingerprint density at radius 1 is 1.30 bits per heavy atom. The van der Waals surface area contributed by atoms with Crippen LogP contribution < -0.4 is 0 Å². The third-order valence-electron chi connectivity index (χ3n) is 6.34. The lowest BCUT2D eigenvalue weighted by Gasteiger charge is -2.58. The van der Waals surface area contributed by atoms with E-state index in [9.17, 15) is 4.79 Å². The summed E-state index contributed by atoms with van der Waals surface area (Å²) in [5.41, 5.74) is 2.37. The zero-order valence-electron chi connectivity index (χ0n) is 13.9. The van der Waals surface area contributed by atoms with Gasteiger partial charge in [0.25, 0.3) is 0 Å². The van der Waals surface area contributed by atoms with E-state index in [1.165, 1.54) is 44.1 Å². The molecule has 3 atom stereocenters. The summed E-state index contributed by atoms with van der Waals surface area (Å²) in [4.78, 5) is 11.2. The zero-order chi connectivity index (χ0) is 15.0. The summed E-state index contributed by atoms with van der Waals surface area (Å²) in [6.07, 6.45) is 9.57. The van der Waals surface area contributed by atoms with Gasteiger partial charge < -0.3 is 4.79 Å². The maximum Gasteiger partial charge on any atom is 0.129 e. The molecule has 2 aliphatic carbocycles. The molecule has 0 aromatic rings. The number of allylic oxidation sites excluding steroid dienone is 1. The van der Waals surface area contributed by atoms with Crippen molar-refractivity contribution in [3.8, 4) is 0 Å². The predicted molar refractivity (Wildman–Crippen MR) is 85.6 cm³/mol. The molecule has 2 rings (SSSR count). The molecule has 0 radical (unpaired) electrons. The first-order valence-electron chi connectivity index (χ1n) is 8.44. The second kappa shape index (κ2) is 5.66. The first-order valence-corrected chi connectivity index (χ1v) is 8.44. The van der Waals surface area contributed by atoms with Crippen molar-refractivity contribution in [2.45, 2.75) is 79.1 Å². The molecule has 0 bridgehead atoms. The molecule has 114 valence electrons. The summed E-state index contributed by atoms with van der Waals surface area (Å²) < 4.78 is 0. The Labute approximate surface area is 125 Å². The molecule has 0 aliphatic heterocycles. The van der Waals surface area contributed by atoms with E-state index in [4.69, 9.17) is 0 Å². The number of carbonyl (C=O) groups excluding carboxylic acids is 1. The lowest BCUT2D eigenvalue weighted by Crippen LogP contribution is -2.49. The lowest BCUT2D eigenvalue weighted by molar-refractivity contribution is -0.117. The van der Waals surface area contributed by atoms with Gasteiger partial charge in [0.2, 0.25) is 0 Å². The summed E-state index contributed by atoms with van der Waals surface area (Å²) in [5, 5.41) is 0. The van der Waals surface area contributed by atoms with Gasteiger partial charge in [0.05, 0.1) is 0 Å². The van der Waals surface area contributed by atoms with Gasteiger partial charge in [0.15, 0.2) is 0 Å². The summed E-state index contributed by atoms with van der Waals surface area (Å²) >= 11 is 0. The van der Waals surface area contributed by atoms with E-state index in [1.807, 2.05) is 0 Å². The van der Waals surface area contributed by atoms with Crippen LogP contribution in [0, 0.1) is 22.7 Å². The van der Waals surface area contributed by atoms with Gasteiger partial charge in [-0.2, -0.15) is 0 Å². The smallest absolute Gasteiger partial charge is 0.129 e. The minimum atomic E-state index is 0.331. The number of hydrogen-bond acceptors (Lipinski definition) is 1. The number of carbonyl (C=O) groups is 1. The predicted octanol–water partition coefficient (Wildman–Crippen LogP) is 5.54. The Kier molecular flexibility index (Phi) is 4.47. The lowest BCUT2D eigenvalue weighted by atomic mass is 9.47. The minimum Gasteiger partial charge on any atom is -0.300 e. The molecule has 2 aliphatic rings. The fraction of sp³-hybridized carbons (Fsp3) is 0.842. The van der Waals surface area contributed by atoms with Crippen LogP contribution in [0.15, 0.2) is 12.2 Å². The Morgan fingerprint density at radius 3 is 2.65 bits per heavy atom. The van der Waals surface area contributed by atoms with Gasteiger partial charge in [-0.05, 0) is 68.1 Å². The van der Waals surface area contributed by atoms with Crippen LogP contribution in [0.25, 0.3) is 0 Å². The van der Waals surface area contributed by atoms with Crippen LogP contribution in [-0.2, 0) is 4.79 Å². The van der Waals surface area contributed by atoms with E-state index in [-0.39, 0.29) is 0 Å². The van der Waals surface area contributed by atoms with Crippen LogP contribution >= 0.6 is 0 Å². The van der Waals surface area contributed by atoms with Gasteiger partial charge in [-0.25, -0.2) is 0 Å². The van der Waals surface area contributed by atoms with Gasteiger partial charge in [0.1, 0.15) is 5.78 Å². The van der Waals surface area contributed by atoms with E-state index < -0.39 is 0 Å². The number of hydrogen-bond donors (Lipinski definition) is 0. The molecule has 1 heteroatoms. The van der Waals surface area contributed by atoms with E-state index in [0.29, 0.717) is 22.5 Å². The van der Waals surface area contributed by atoms with E-state index in [2.05, 4.69) is 27.4 Å². The van der Waals surface area contributed by atoms with Gasteiger partial charge >= 0.3 is 0 Å². The fourth-order valence-corrected chi connectivity index (χ4v) is 5.36. The summed E-state index contributed by atoms with van der Waals surface area (Å²) in [6.45, 7) is 13.6. The standard InChI is InChI=1S/C19H32O/c1-14-10-11-17-18(3,4)12-7-13-19(17,5)16(14)9-6-8-15(2)20/h16-17H,1,6-13H2,2-5H3/t16-,17?,19+/m0/s1. The van der Waals surface area contributed by atoms with Crippen LogP contribution in [-0.4, -0.2) is 5.78 Å². The average molecular weight is 276 g/mol. The largest absolute Gasteiger partial charge is 0.300 e. The molecule has 0 aromatic heterocycles. The molecule has 0 aromatic carbocycles. The molecule has 0 heterocycles. The van der Waals surface area contributed by atoms with Crippen molar-refractivity contribution in [1.82, 2.24) is 0 Å². The van der Waals surface area contributed by atoms with E-state index >= 15 is 0 Å². The third kappa shape index (κ3) is 2.87. The highest BCUT2D eigenvalue weighted by molar-refractivity contribution is 5.75. The molecule has 0 amide bonds. The van der Waals surface area contributed by atoms with Gasteiger partial charge in [-0.3, -0.25) is 0 Å². The van der Waals surface area contributed by atoms with Gasteiger partial charge in [0, 0.05) is 6.42 Å². The quantitative estimate of drug-likeness (QED) is 0.616. The Balaban J connectivity index is 2.15. The number of Topliss-reactive ketones (excluding diaryl/α,β-unsaturated/α-hetero) is 1. The third-order valence-corrected chi connectivity index (χ3v) is 6.34. The fourth-order valence-electron chi connectivity index (χ4n) is 5.36. The minimum absolute atomic E-state index is 0.331. The highest BCUT2D eigenvalue weighted by atomic mass is 16.1. The first-order chi connectivity index (χ1) is 9.27. The number of rotatable bonds is 4. The second-order valence-corrected chi connectivity index (χ2v) is 8.24. The normalized spacial score (nSPS) is 36.5. The number of fused-ring (bicyclic) bond motifs is 1. The molecule has 20 heavy (non-hydrogen) atoms. The SMILES string of the molecule is C=C1CCC2C(C)(C)CCC[C@]2(C)[C@H]1CCCC(C)=O. The molecule has 0 spiro atoms. The maximum atomic E-state index is 11.2. The molecule has 1 nitrogen and oxygen atoms in total. The average Bonchev–Trinajstić information content (AvgIpc) is 2.31. The second-order valence-electron chi connectivity index (χ2n) is 8.24. The van der Waals surface area contributed by atoms with Crippen molar-refractivity contribution in [1.29, 1.82) is 0 Å². The Bertz CT molecular complexity index is 393. The molecular formula is C19H32O. The Hall–Kier alpha value is -0.590. The zero-order valence-corrected chi connectivity index (χ0v) is 13.9. The van der Waals surface area contributed by atoms with Crippen molar-refractivity contribution < 1.29 is 4.79 Å². The van der Waals surface area contributed by atoms with Crippen molar-refractivity contribution in [2.24, 2.45) is 22.7 Å². The number of ketones is 1. The monoisotopic (exact) mass is 276 g/mol. The molecule has 0 saturated heterocycles. The molecule has 2 fully saturated rings. The topological polar surface area (TPSA) is 17.1 Å². The molecule has 0 N–H and O–H groups in total. The van der Waals surface area contributed by atoms with Crippen LogP contribution in [0.3, 0.4) is 0 Å². The van der Waals surface area contributed by atoms with Crippen molar-refractivity contribution in [3.05, 3.63) is 12.2 Å². The van der Waals surface area contributed by atoms with Gasteiger partial charge in [-0.15, -0.1) is 0 Å². The molecule has 1 unspecified atom stereocenters. The highest BCUT2D eigenvalue weighted by Crippen LogP contribution is 2.61. The summed E-state index contributed by atoms with van der Waals surface area (Å²) in [6, 6.07) is 0. The van der Waals surface area contributed by atoms with Crippen LogP contribution in [0.4, 0.5) is 0 Å². The van der Waals surface area contributed by atoms with E-state index in [0.717, 1.165) is 18.8 Å². The van der Waals surface area contributed by atoms with Gasteiger partial charge in [-0.1, -0.05) is 39.3 Å². The molecule has 2 saturated carbocycles. The molecular weight excluding hydrogens is 244 g/mol. The first kappa shape index (κ1) is 15.8. The van der Waals surface area contributed by atoms with Crippen LogP contribution in [0.5, 0.6) is 0 Å². The summed E-state index contributed by atoms with van der Waals surface area (Å²) in [5.74, 6) is 1.80. The van der Waals surface area contributed by atoms with Crippen LogP contribution in [0.2, 0.25) is 0 Å². The van der Waals surface area contributed by atoms with Crippen molar-refractivity contribution in [3.63, 3.8) is 0 Å². The van der Waals surface area contributed by atoms with Crippen molar-refractivity contribution >= 4 is 5.78 Å². The highest BCUT2D eigenvalue weighted by Gasteiger charge is 2.52.